The molecule has 0 spiro atoms. The van der Waals surface area contributed by atoms with E-state index in [4.69, 9.17) is 33.3 Å². The van der Waals surface area contributed by atoms with E-state index < -0.39 is 6.03 Å². The number of aromatic nitrogens is 1. The van der Waals surface area contributed by atoms with Gasteiger partial charge in [0.15, 0.2) is 11.4 Å². The highest BCUT2D eigenvalue weighted by atomic mass is 35.5. The Kier molecular flexibility index (Phi) is 4.84. The summed E-state index contributed by atoms with van der Waals surface area (Å²) >= 11 is 6.25. The molecular weight excluding hydrogens is 390 g/mol. The Morgan fingerprint density at radius 2 is 1.79 bits per heavy atom. The van der Waals surface area contributed by atoms with E-state index in [9.17, 15) is 4.79 Å². The van der Waals surface area contributed by atoms with Gasteiger partial charge in [0.05, 0.1) is 16.8 Å². The lowest BCUT2D eigenvalue weighted by atomic mass is 10.0. The lowest BCUT2D eigenvalue weighted by Crippen LogP contribution is -2.31. The molecule has 7 nitrogen and oxygen atoms in total. The van der Waals surface area contributed by atoms with Crippen molar-refractivity contribution in [2.24, 2.45) is 11.5 Å². The van der Waals surface area contributed by atoms with Gasteiger partial charge in [0.25, 0.3) is 0 Å². The monoisotopic (exact) mass is 407 g/mol. The van der Waals surface area contributed by atoms with Crippen LogP contribution in [0.15, 0.2) is 65.2 Å². The maximum absolute atomic E-state index is 12.1. The molecular formula is C21H18ClN5O2. The number of halogens is 1. The van der Waals surface area contributed by atoms with E-state index in [0.29, 0.717) is 34.3 Å². The van der Waals surface area contributed by atoms with Gasteiger partial charge in [0, 0.05) is 11.6 Å². The fourth-order valence-corrected chi connectivity index (χ4v) is 3.54. The van der Waals surface area contributed by atoms with Crippen LogP contribution in [0.4, 0.5) is 22.0 Å². The number of rotatable bonds is 4. The number of carbonyl (C=O) groups is 1. The summed E-state index contributed by atoms with van der Waals surface area (Å²) in [6, 6.07) is 17.5. The van der Waals surface area contributed by atoms with Crippen molar-refractivity contribution in [3.05, 3.63) is 71.2 Å². The van der Waals surface area contributed by atoms with Gasteiger partial charge < -0.3 is 21.7 Å². The second kappa shape index (κ2) is 7.46. The maximum atomic E-state index is 12.1. The number of nitrogens with zero attached hydrogens (tertiary/aromatic N) is 2. The van der Waals surface area contributed by atoms with Gasteiger partial charge >= 0.3 is 6.03 Å². The summed E-state index contributed by atoms with van der Waals surface area (Å²) < 4.78 is 5.23. The zero-order valence-electron chi connectivity index (χ0n) is 15.3. The van der Waals surface area contributed by atoms with Gasteiger partial charge in [-0.25, -0.2) is 4.79 Å². The van der Waals surface area contributed by atoms with E-state index in [0.717, 1.165) is 22.1 Å². The molecule has 8 heteroatoms. The number of hydrogen-bond acceptors (Lipinski definition) is 5. The fourth-order valence-electron chi connectivity index (χ4n) is 3.29. The third-order valence-corrected chi connectivity index (χ3v) is 5.05. The van der Waals surface area contributed by atoms with Gasteiger partial charge in [-0.1, -0.05) is 47.1 Å². The first-order valence-corrected chi connectivity index (χ1v) is 9.19. The van der Waals surface area contributed by atoms with Crippen LogP contribution in [0.1, 0.15) is 5.56 Å². The molecule has 0 bridgehead atoms. The molecule has 0 unspecified atom stereocenters. The molecule has 2 amide bonds. The Morgan fingerprint density at radius 1 is 1.07 bits per heavy atom. The van der Waals surface area contributed by atoms with Crippen molar-refractivity contribution in [1.29, 1.82) is 0 Å². The summed E-state index contributed by atoms with van der Waals surface area (Å²) in [5.41, 5.74) is 21.6. The summed E-state index contributed by atoms with van der Waals surface area (Å²) in [5.74, 6) is 0.327. The first-order chi connectivity index (χ1) is 14.0. The number of anilines is 3. The van der Waals surface area contributed by atoms with Crippen LogP contribution in [0.3, 0.4) is 0 Å². The van der Waals surface area contributed by atoms with Gasteiger partial charge in [-0.15, -0.1) is 0 Å². The summed E-state index contributed by atoms with van der Waals surface area (Å²) in [6.07, 6.45) is 0. The summed E-state index contributed by atoms with van der Waals surface area (Å²) in [6.45, 7) is 0.307. The molecule has 4 aromatic rings. The number of nitrogen functional groups attached to an aromatic ring is 1. The van der Waals surface area contributed by atoms with Gasteiger partial charge in [-0.3, -0.25) is 4.90 Å². The highest BCUT2D eigenvalue weighted by Gasteiger charge is 2.17. The third kappa shape index (κ3) is 3.37. The molecule has 29 heavy (non-hydrogen) atoms. The average molecular weight is 408 g/mol. The van der Waals surface area contributed by atoms with E-state index in [-0.39, 0.29) is 0 Å². The molecule has 0 saturated heterocycles. The Morgan fingerprint density at radius 3 is 2.45 bits per heavy atom. The lowest BCUT2D eigenvalue weighted by Gasteiger charge is -2.22. The topological polar surface area (TPSA) is 124 Å². The van der Waals surface area contributed by atoms with E-state index >= 15 is 0 Å². The predicted octanol–water partition coefficient (Wildman–Crippen LogP) is 4.41. The number of primary amides is 1. The molecule has 4 rings (SSSR count). The van der Waals surface area contributed by atoms with Gasteiger partial charge in [-0.2, -0.15) is 0 Å². The molecule has 3 aromatic carbocycles. The van der Waals surface area contributed by atoms with Crippen molar-refractivity contribution in [2.45, 2.75) is 6.54 Å². The second-order valence-corrected chi connectivity index (χ2v) is 6.85. The molecule has 0 aliphatic heterocycles. The van der Waals surface area contributed by atoms with Gasteiger partial charge in [0.1, 0.15) is 0 Å². The van der Waals surface area contributed by atoms with Crippen molar-refractivity contribution in [3.8, 4) is 11.1 Å². The fraction of sp³-hybridized carbons (Fsp3) is 0.0476. The van der Waals surface area contributed by atoms with E-state index in [1.54, 1.807) is 36.4 Å². The first-order valence-electron chi connectivity index (χ1n) is 8.82. The molecule has 1 aromatic heterocycles. The van der Waals surface area contributed by atoms with Crippen LogP contribution in [0.25, 0.3) is 22.1 Å². The third-order valence-electron chi connectivity index (χ3n) is 4.70. The Balaban J connectivity index is 1.74. The van der Waals surface area contributed by atoms with E-state index in [1.165, 1.54) is 4.90 Å². The lowest BCUT2D eigenvalue weighted by molar-refractivity contribution is 0.256. The quantitative estimate of drug-likeness (QED) is 0.462. The minimum atomic E-state index is -0.625. The highest BCUT2D eigenvalue weighted by Crippen LogP contribution is 2.35. The van der Waals surface area contributed by atoms with Crippen molar-refractivity contribution in [1.82, 2.24) is 5.16 Å². The molecule has 0 fully saturated rings. The van der Waals surface area contributed by atoms with Crippen LogP contribution in [0.5, 0.6) is 0 Å². The molecule has 1 heterocycles. The molecule has 0 aliphatic carbocycles. The Hall–Kier alpha value is -3.55. The minimum Gasteiger partial charge on any atom is -0.380 e. The van der Waals surface area contributed by atoms with Crippen LogP contribution in [-0.2, 0) is 6.54 Å². The highest BCUT2D eigenvalue weighted by molar-refractivity contribution is 6.31. The van der Waals surface area contributed by atoms with Crippen LogP contribution in [-0.4, -0.2) is 11.2 Å². The van der Waals surface area contributed by atoms with Crippen molar-refractivity contribution >= 4 is 45.8 Å². The summed E-state index contributed by atoms with van der Waals surface area (Å²) in [7, 11) is 0. The second-order valence-electron chi connectivity index (χ2n) is 6.45. The number of urea groups is 1. The average Bonchev–Trinajstić information content (AvgIpc) is 3.10. The Bertz CT molecular complexity index is 1200. The van der Waals surface area contributed by atoms with Crippen LogP contribution in [0.2, 0.25) is 5.02 Å². The minimum absolute atomic E-state index is 0.307. The molecule has 0 saturated carbocycles. The number of nitrogens with two attached hydrogens (primary N) is 3. The van der Waals surface area contributed by atoms with Crippen LogP contribution in [0, 0.1) is 0 Å². The van der Waals surface area contributed by atoms with Crippen LogP contribution < -0.4 is 22.1 Å². The normalized spacial score (nSPS) is 11.0. The predicted molar refractivity (Wildman–Crippen MR) is 115 cm³/mol. The molecule has 146 valence electrons. The van der Waals surface area contributed by atoms with Crippen LogP contribution >= 0.6 is 11.6 Å². The Labute approximate surface area is 171 Å². The van der Waals surface area contributed by atoms with Gasteiger partial charge in [-0.05, 0) is 47.0 Å². The summed E-state index contributed by atoms with van der Waals surface area (Å²) in [4.78, 5) is 13.5. The van der Waals surface area contributed by atoms with E-state index in [1.807, 2.05) is 24.3 Å². The molecule has 0 radical (unpaired) electrons. The number of hydrogen-bond donors (Lipinski definition) is 3. The maximum Gasteiger partial charge on any atom is 0.323 e. The molecule has 0 aliphatic rings. The van der Waals surface area contributed by atoms with Crippen molar-refractivity contribution in [2.75, 3.05) is 10.6 Å². The van der Waals surface area contributed by atoms with Crippen molar-refractivity contribution < 1.29 is 9.32 Å². The summed E-state index contributed by atoms with van der Waals surface area (Å²) in [5, 5.41) is 5.05. The number of amides is 2. The first kappa shape index (κ1) is 18.8. The number of carbonyl (C=O) groups excluding carboxylic acids is 1. The standard InChI is InChI=1S/C21H18ClN5O2/c22-17-10-15(9-6-13(17)11-23)27(21(25)28)14-7-4-12(5-8-14)16-2-1-3-18-19(16)20(24)26-29-18/h1-10H,11,23H2,(H2,24,26)(H2,25,28). The van der Waals surface area contributed by atoms with Gasteiger partial charge in [0.2, 0.25) is 0 Å². The zero-order chi connectivity index (χ0) is 20.5. The van der Waals surface area contributed by atoms with Crippen molar-refractivity contribution in [3.63, 3.8) is 0 Å². The zero-order valence-corrected chi connectivity index (χ0v) is 16.1. The smallest absolute Gasteiger partial charge is 0.323 e. The SMILES string of the molecule is NCc1ccc(N(C(N)=O)c2ccc(-c3cccc4onc(N)c34)cc2)cc1Cl. The van der Waals surface area contributed by atoms with E-state index in [2.05, 4.69) is 5.16 Å². The number of fused-ring (bicyclic) bond motifs is 1. The molecule has 6 N–H and O–H groups in total. The molecule has 0 atom stereocenters. The largest absolute Gasteiger partial charge is 0.380 e. The number of benzene rings is 3.